The molecule has 20 heavy (non-hydrogen) atoms. The summed E-state index contributed by atoms with van der Waals surface area (Å²) in [5, 5.41) is 2.01. The number of nitrogens with one attached hydrogen (secondary N) is 2. The van der Waals surface area contributed by atoms with Crippen LogP contribution in [0.2, 0.25) is 0 Å². The Labute approximate surface area is 114 Å². The number of hydrogen-bond acceptors (Lipinski definition) is 5. The number of rotatable bonds is 3. The van der Waals surface area contributed by atoms with Crippen LogP contribution in [-0.2, 0) is 19.6 Å². The summed E-state index contributed by atoms with van der Waals surface area (Å²) >= 11 is 0. The standard InChI is InChI=1S/C11H12FN3O4S/c12-7-2-1-6(13)5-9(7)20(18,19)15-8-3-4-10(16)14-11(8)17/h1-2,5,8,15H,3-4,13H2,(H,14,16,17). The van der Waals surface area contributed by atoms with Gasteiger partial charge in [0.25, 0.3) is 0 Å². The SMILES string of the molecule is Nc1ccc(F)c(S(=O)(=O)NC2CCC(=O)NC2=O)c1. The van der Waals surface area contributed by atoms with Crippen LogP contribution in [-0.4, -0.2) is 26.3 Å². The molecule has 0 aromatic heterocycles. The molecular formula is C11H12FN3O4S. The van der Waals surface area contributed by atoms with Crippen molar-refractivity contribution in [3.63, 3.8) is 0 Å². The summed E-state index contributed by atoms with van der Waals surface area (Å²) in [5.41, 5.74) is 5.50. The number of amides is 2. The molecule has 0 spiro atoms. The van der Waals surface area contributed by atoms with Crippen LogP contribution >= 0.6 is 0 Å². The molecule has 7 nitrogen and oxygen atoms in total. The third-order valence-electron chi connectivity index (χ3n) is 2.78. The zero-order valence-corrected chi connectivity index (χ0v) is 11.0. The van der Waals surface area contributed by atoms with Gasteiger partial charge in [0, 0.05) is 12.1 Å². The maximum Gasteiger partial charge on any atom is 0.244 e. The fraction of sp³-hybridized carbons (Fsp3) is 0.273. The minimum atomic E-state index is -4.24. The minimum absolute atomic E-state index is 0.0122. The first-order chi connectivity index (χ1) is 9.29. The highest BCUT2D eigenvalue weighted by molar-refractivity contribution is 7.89. The molecule has 9 heteroatoms. The van der Waals surface area contributed by atoms with Gasteiger partial charge in [-0.3, -0.25) is 14.9 Å². The van der Waals surface area contributed by atoms with E-state index in [1.807, 2.05) is 5.32 Å². The van der Waals surface area contributed by atoms with E-state index in [0.29, 0.717) is 0 Å². The van der Waals surface area contributed by atoms with E-state index >= 15 is 0 Å². The number of nitrogens with two attached hydrogens (primary N) is 1. The van der Waals surface area contributed by atoms with Gasteiger partial charge in [-0.2, -0.15) is 4.72 Å². The van der Waals surface area contributed by atoms with Gasteiger partial charge in [-0.1, -0.05) is 0 Å². The molecular weight excluding hydrogens is 289 g/mol. The van der Waals surface area contributed by atoms with Gasteiger partial charge >= 0.3 is 0 Å². The van der Waals surface area contributed by atoms with Crippen LogP contribution in [0.1, 0.15) is 12.8 Å². The van der Waals surface area contributed by atoms with Crippen LogP contribution in [0, 0.1) is 5.82 Å². The normalized spacial score (nSPS) is 19.8. The molecule has 1 aliphatic rings. The van der Waals surface area contributed by atoms with Crippen LogP contribution in [0.4, 0.5) is 10.1 Å². The largest absolute Gasteiger partial charge is 0.399 e. The van der Waals surface area contributed by atoms with Crippen molar-refractivity contribution in [3.05, 3.63) is 24.0 Å². The first kappa shape index (κ1) is 14.4. The molecule has 1 fully saturated rings. The van der Waals surface area contributed by atoms with Crippen molar-refractivity contribution in [2.24, 2.45) is 0 Å². The Kier molecular flexibility index (Phi) is 3.73. The van der Waals surface area contributed by atoms with Gasteiger partial charge in [0.05, 0.1) is 0 Å². The topological polar surface area (TPSA) is 118 Å². The molecule has 1 saturated heterocycles. The number of anilines is 1. The second-order valence-electron chi connectivity index (χ2n) is 4.31. The summed E-state index contributed by atoms with van der Waals surface area (Å²) < 4.78 is 39.7. The zero-order chi connectivity index (χ0) is 14.9. The first-order valence-electron chi connectivity index (χ1n) is 5.70. The maximum atomic E-state index is 13.5. The van der Waals surface area contributed by atoms with Crippen LogP contribution in [0.15, 0.2) is 23.1 Å². The van der Waals surface area contributed by atoms with Crippen molar-refractivity contribution < 1.29 is 22.4 Å². The molecule has 1 aromatic carbocycles. The molecule has 0 radical (unpaired) electrons. The highest BCUT2D eigenvalue weighted by Gasteiger charge is 2.31. The average Bonchev–Trinajstić information content (AvgIpc) is 2.35. The Bertz CT molecular complexity index is 674. The van der Waals surface area contributed by atoms with E-state index in [4.69, 9.17) is 5.73 Å². The van der Waals surface area contributed by atoms with E-state index in [9.17, 15) is 22.4 Å². The molecule has 1 heterocycles. The Morgan fingerprint density at radius 2 is 2.05 bits per heavy atom. The molecule has 1 aliphatic heterocycles. The molecule has 2 amide bonds. The van der Waals surface area contributed by atoms with Crippen LogP contribution in [0.25, 0.3) is 0 Å². The smallest absolute Gasteiger partial charge is 0.244 e. The Morgan fingerprint density at radius 3 is 2.70 bits per heavy atom. The summed E-state index contributed by atoms with van der Waals surface area (Å²) in [6.07, 6.45) is 0.0339. The summed E-state index contributed by atoms with van der Waals surface area (Å²) in [6, 6.07) is 2.00. The van der Waals surface area contributed by atoms with Crippen LogP contribution in [0.3, 0.4) is 0 Å². The molecule has 1 unspecified atom stereocenters. The summed E-state index contributed by atoms with van der Waals surface area (Å²) in [6.45, 7) is 0. The number of benzene rings is 1. The van der Waals surface area contributed by atoms with Gasteiger partial charge in [0.1, 0.15) is 16.8 Å². The lowest BCUT2D eigenvalue weighted by Crippen LogP contribution is -2.52. The van der Waals surface area contributed by atoms with Crippen molar-refractivity contribution in [1.82, 2.24) is 10.0 Å². The van der Waals surface area contributed by atoms with Gasteiger partial charge in [0.2, 0.25) is 21.8 Å². The summed E-state index contributed by atoms with van der Waals surface area (Å²) in [4.78, 5) is 21.8. The van der Waals surface area contributed by atoms with Gasteiger partial charge < -0.3 is 5.73 Å². The van der Waals surface area contributed by atoms with E-state index in [1.165, 1.54) is 6.07 Å². The summed E-state index contributed by atoms with van der Waals surface area (Å²) in [7, 11) is -4.24. The lowest BCUT2D eigenvalue weighted by Gasteiger charge is -2.21. The van der Waals surface area contributed by atoms with Crippen molar-refractivity contribution in [3.8, 4) is 0 Å². The van der Waals surface area contributed by atoms with Crippen molar-refractivity contribution in [2.75, 3.05) is 5.73 Å². The Morgan fingerprint density at radius 1 is 1.35 bits per heavy atom. The highest BCUT2D eigenvalue weighted by atomic mass is 32.2. The highest BCUT2D eigenvalue weighted by Crippen LogP contribution is 2.18. The van der Waals surface area contributed by atoms with Crippen molar-refractivity contribution in [2.45, 2.75) is 23.8 Å². The second kappa shape index (κ2) is 5.17. The number of imide groups is 1. The molecule has 0 bridgehead atoms. The van der Waals surface area contributed by atoms with Crippen molar-refractivity contribution >= 4 is 27.5 Å². The molecule has 4 N–H and O–H groups in total. The van der Waals surface area contributed by atoms with E-state index in [-0.39, 0.29) is 18.5 Å². The van der Waals surface area contributed by atoms with Gasteiger partial charge in [-0.25, -0.2) is 12.8 Å². The lowest BCUT2D eigenvalue weighted by atomic mass is 10.1. The number of halogens is 1. The third-order valence-corrected chi connectivity index (χ3v) is 4.27. The fourth-order valence-electron chi connectivity index (χ4n) is 1.78. The molecule has 2 rings (SSSR count). The third kappa shape index (κ3) is 2.94. The minimum Gasteiger partial charge on any atom is -0.399 e. The number of nitrogen functional groups attached to an aromatic ring is 1. The fourth-order valence-corrected chi connectivity index (χ4v) is 3.13. The predicted octanol–water partition coefficient (Wildman–Crippen LogP) is -0.509. The van der Waals surface area contributed by atoms with Gasteiger partial charge in [-0.15, -0.1) is 0 Å². The molecule has 1 atom stereocenters. The molecule has 108 valence electrons. The molecule has 0 saturated carbocycles. The molecule has 1 aromatic rings. The van der Waals surface area contributed by atoms with E-state index in [1.54, 1.807) is 0 Å². The number of hydrogen-bond donors (Lipinski definition) is 3. The Balaban J connectivity index is 2.25. The van der Waals surface area contributed by atoms with Crippen molar-refractivity contribution in [1.29, 1.82) is 0 Å². The average molecular weight is 301 g/mol. The monoisotopic (exact) mass is 301 g/mol. The first-order valence-corrected chi connectivity index (χ1v) is 7.19. The Hall–Kier alpha value is -2.00. The van der Waals surface area contributed by atoms with Crippen LogP contribution in [0.5, 0.6) is 0 Å². The second-order valence-corrected chi connectivity index (χ2v) is 6.00. The maximum absolute atomic E-state index is 13.5. The van der Waals surface area contributed by atoms with Gasteiger partial charge in [0.15, 0.2) is 0 Å². The number of piperidine rings is 1. The van der Waals surface area contributed by atoms with E-state index < -0.39 is 38.6 Å². The van der Waals surface area contributed by atoms with E-state index in [2.05, 4.69) is 4.72 Å². The summed E-state index contributed by atoms with van der Waals surface area (Å²) in [5.74, 6) is -2.20. The number of carbonyl (C=O) groups excluding carboxylic acids is 2. The van der Waals surface area contributed by atoms with Crippen LogP contribution < -0.4 is 15.8 Å². The van der Waals surface area contributed by atoms with E-state index in [0.717, 1.165) is 12.1 Å². The number of carbonyl (C=O) groups is 2. The number of sulfonamides is 1. The predicted molar refractivity (Wildman–Crippen MR) is 67.3 cm³/mol. The van der Waals surface area contributed by atoms with Gasteiger partial charge in [-0.05, 0) is 24.6 Å². The lowest BCUT2D eigenvalue weighted by molar-refractivity contribution is -0.134. The zero-order valence-electron chi connectivity index (χ0n) is 10.2. The molecule has 0 aliphatic carbocycles. The quantitative estimate of drug-likeness (QED) is 0.513.